The molecule has 0 aliphatic rings. The molecule has 0 atom stereocenters. The lowest BCUT2D eigenvalue weighted by atomic mass is 10.2. The van der Waals surface area contributed by atoms with Gasteiger partial charge in [0.05, 0.1) is 31.4 Å². The number of nitrogens with one attached hydrogen (secondary N) is 2. The standard InChI is InChI=1S/C21H22N2O5S/c1-27-20(26)16-9-5-6-10-17(16)22-21(29)23-18(24)11-12-19(25)28-14-13-15-7-3-2-4-8-15/h2-10H,11-14H2,1H3,(H2,22,23,24,29). The number of benzene rings is 2. The summed E-state index contributed by atoms with van der Waals surface area (Å²) in [5.74, 6) is -1.41. The maximum Gasteiger partial charge on any atom is 0.339 e. The van der Waals surface area contributed by atoms with Crippen LogP contribution in [0.2, 0.25) is 0 Å². The SMILES string of the molecule is COC(=O)c1ccccc1NC(=S)NC(=O)CCC(=O)OCCc1ccccc1. The first-order valence-electron chi connectivity index (χ1n) is 8.97. The number of hydrogen-bond acceptors (Lipinski definition) is 6. The van der Waals surface area contributed by atoms with E-state index in [0.717, 1.165) is 5.56 Å². The highest BCUT2D eigenvalue weighted by Crippen LogP contribution is 2.15. The summed E-state index contributed by atoms with van der Waals surface area (Å²) in [6, 6.07) is 16.3. The normalized spacial score (nSPS) is 9.97. The smallest absolute Gasteiger partial charge is 0.339 e. The van der Waals surface area contributed by atoms with E-state index in [0.29, 0.717) is 12.1 Å². The molecule has 2 N–H and O–H groups in total. The number of hydrogen-bond donors (Lipinski definition) is 2. The van der Waals surface area contributed by atoms with Crippen LogP contribution in [-0.2, 0) is 25.5 Å². The van der Waals surface area contributed by atoms with Crippen LogP contribution in [0.1, 0.15) is 28.8 Å². The Bertz CT molecular complexity index is 870. The second-order valence-corrected chi connectivity index (χ2v) is 6.40. The van der Waals surface area contributed by atoms with Gasteiger partial charge in [0, 0.05) is 12.8 Å². The number of carbonyl (C=O) groups excluding carboxylic acids is 3. The molecule has 29 heavy (non-hydrogen) atoms. The molecular formula is C21H22N2O5S. The van der Waals surface area contributed by atoms with Gasteiger partial charge >= 0.3 is 11.9 Å². The van der Waals surface area contributed by atoms with Crippen LogP contribution in [0, 0.1) is 0 Å². The molecule has 0 spiro atoms. The van der Waals surface area contributed by atoms with Gasteiger partial charge in [0.15, 0.2) is 5.11 Å². The third kappa shape index (κ3) is 7.71. The topological polar surface area (TPSA) is 93.7 Å². The highest BCUT2D eigenvalue weighted by Gasteiger charge is 2.14. The summed E-state index contributed by atoms with van der Waals surface area (Å²) < 4.78 is 9.84. The zero-order valence-corrected chi connectivity index (χ0v) is 16.8. The van der Waals surface area contributed by atoms with Crippen molar-refractivity contribution in [3.05, 3.63) is 65.7 Å². The Kier molecular flexibility index (Phi) is 8.78. The van der Waals surface area contributed by atoms with E-state index < -0.39 is 17.8 Å². The summed E-state index contributed by atoms with van der Waals surface area (Å²) in [5, 5.41) is 5.27. The predicted octanol–water partition coefficient (Wildman–Crippen LogP) is 2.85. The van der Waals surface area contributed by atoms with Crippen molar-refractivity contribution in [3.8, 4) is 0 Å². The molecular weight excluding hydrogens is 392 g/mol. The second-order valence-electron chi connectivity index (χ2n) is 6.00. The number of thiocarbonyl (C=S) groups is 1. The van der Waals surface area contributed by atoms with E-state index in [1.807, 2.05) is 30.3 Å². The van der Waals surface area contributed by atoms with Crippen molar-refractivity contribution >= 4 is 40.9 Å². The van der Waals surface area contributed by atoms with Crippen LogP contribution in [0.5, 0.6) is 0 Å². The summed E-state index contributed by atoms with van der Waals surface area (Å²) in [6.45, 7) is 0.259. The molecule has 2 aromatic rings. The molecule has 0 saturated carbocycles. The van der Waals surface area contributed by atoms with Gasteiger partial charge < -0.3 is 20.1 Å². The lowest BCUT2D eigenvalue weighted by Crippen LogP contribution is -2.34. The number of esters is 2. The number of ether oxygens (including phenoxy) is 2. The van der Waals surface area contributed by atoms with Crippen molar-refractivity contribution in [3.63, 3.8) is 0 Å². The monoisotopic (exact) mass is 414 g/mol. The molecule has 0 radical (unpaired) electrons. The highest BCUT2D eigenvalue weighted by atomic mass is 32.1. The minimum absolute atomic E-state index is 0.0174. The first-order valence-corrected chi connectivity index (χ1v) is 9.38. The van der Waals surface area contributed by atoms with Crippen LogP contribution in [0.25, 0.3) is 0 Å². The van der Waals surface area contributed by atoms with E-state index in [-0.39, 0.29) is 30.1 Å². The number of anilines is 1. The molecule has 0 aliphatic heterocycles. The zero-order valence-electron chi connectivity index (χ0n) is 16.0. The molecule has 0 aliphatic carbocycles. The molecule has 1 amide bonds. The predicted molar refractivity (Wildman–Crippen MR) is 112 cm³/mol. The van der Waals surface area contributed by atoms with E-state index in [1.54, 1.807) is 24.3 Å². The first kappa shape index (κ1) is 22.0. The maximum atomic E-state index is 12.0. The molecule has 2 rings (SSSR count). The van der Waals surface area contributed by atoms with Gasteiger partial charge in [0.2, 0.25) is 5.91 Å². The molecule has 0 bridgehead atoms. The minimum atomic E-state index is -0.527. The Labute approximate surface area is 174 Å². The molecule has 2 aromatic carbocycles. The fourth-order valence-corrected chi connectivity index (χ4v) is 2.66. The van der Waals surface area contributed by atoms with Crippen molar-refractivity contribution in [1.82, 2.24) is 5.32 Å². The van der Waals surface area contributed by atoms with Crippen LogP contribution in [0.15, 0.2) is 54.6 Å². The third-order valence-corrected chi connectivity index (χ3v) is 4.09. The Morgan fingerprint density at radius 3 is 2.38 bits per heavy atom. The highest BCUT2D eigenvalue weighted by molar-refractivity contribution is 7.80. The van der Waals surface area contributed by atoms with Crippen molar-refractivity contribution in [2.45, 2.75) is 19.3 Å². The zero-order chi connectivity index (χ0) is 21.1. The molecule has 0 fully saturated rings. The van der Waals surface area contributed by atoms with Crippen molar-refractivity contribution in [1.29, 1.82) is 0 Å². The maximum absolute atomic E-state index is 12.0. The fourth-order valence-electron chi connectivity index (χ4n) is 2.44. The van der Waals surface area contributed by atoms with Gasteiger partial charge in [-0.25, -0.2) is 4.79 Å². The number of methoxy groups -OCH3 is 1. The summed E-state index contributed by atoms with van der Waals surface area (Å²) in [5.41, 5.74) is 1.76. The van der Waals surface area contributed by atoms with Gasteiger partial charge in [-0.3, -0.25) is 9.59 Å². The largest absolute Gasteiger partial charge is 0.465 e. The Morgan fingerprint density at radius 1 is 0.966 bits per heavy atom. The number of carbonyl (C=O) groups is 3. The average Bonchev–Trinajstić information content (AvgIpc) is 2.73. The summed E-state index contributed by atoms with van der Waals surface area (Å²) >= 11 is 5.09. The Morgan fingerprint density at radius 2 is 1.66 bits per heavy atom. The summed E-state index contributed by atoms with van der Waals surface area (Å²) in [4.78, 5) is 35.5. The van der Waals surface area contributed by atoms with Crippen molar-refractivity contribution in [2.75, 3.05) is 19.0 Å². The first-order chi connectivity index (χ1) is 14.0. The van der Waals surface area contributed by atoms with Crippen LogP contribution in [0.4, 0.5) is 5.69 Å². The lowest BCUT2D eigenvalue weighted by Gasteiger charge is -2.12. The van der Waals surface area contributed by atoms with E-state index in [9.17, 15) is 14.4 Å². The quantitative estimate of drug-likeness (QED) is 0.507. The van der Waals surface area contributed by atoms with E-state index in [2.05, 4.69) is 10.6 Å². The molecule has 0 aromatic heterocycles. The van der Waals surface area contributed by atoms with Crippen LogP contribution in [-0.4, -0.2) is 36.7 Å². The van der Waals surface area contributed by atoms with Gasteiger partial charge in [-0.15, -0.1) is 0 Å². The number of rotatable bonds is 8. The molecule has 152 valence electrons. The van der Waals surface area contributed by atoms with Crippen LogP contribution < -0.4 is 10.6 Å². The molecule has 0 unspecified atom stereocenters. The van der Waals surface area contributed by atoms with Crippen LogP contribution >= 0.6 is 12.2 Å². The van der Waals surface area contributed by atoms with Gasteiger partial charge in [0.1, 0.15) is 0 Å². The van der Waals surface area contributed by atoms with Gasteiger partial charge in [-0.1, -0.05) is 42.5 Å². The van der Waals surface area contributed by atoms with E-state index in [4.69, 9.17) is 21.7 Å². The molecule has 0 heterocycles. The summed E-state index contributed by atoms with van der Waals surface area (Å²) in [6.07, 6.45) is 0.499. The van der Waals surface area contributed by atoms with Crippen LogP contribution in [0.3, 0.4) is 0 Å². The Balaban J connectivity index is 1.71. The Hall–Kier alpha value is -3.26. The molecule has 7 nitrogen and oxygen atoms in total. The van der Waals surface area contributed by atoms with Crippen molar-refractivity contribution < 1.29 is 23.9 Å². The van der Waals surface area contributed by atoms with Gasteiger partial charge in [0.25, 0.3) is 0 Å². The lowest BCUT2D eigenvalue weighted by molar-refractivity contribution is -0.144. The van der Waals surface area contributed by atoms with Crippen molar-refractivity contribution in [2.24, 2.45) is 0 Å². The number of para-hydroxylation sites is 1. The van der Waals surface area contributed by atoms with Gasteiger partial charge in [-0.2, -0.15) is 0 Å². The minimum Gasteiger partial charge on any atom is -0.465 e. The molecule has 0 saturated heterocycles. The number of amides is 1. The second kappa shape index (κ2) is 11.6. The molecule has 8 heteroatoms. The van der Waals surface area contributed by atoms with E-state index in [1.165, 1.54) is 7.11 Å². The average molecular weight is 414 g/mol. The van der Waals surface area contributed by atoms with E-state index >= 15 is 0 Å². The van der Waals surface area contributed by atoms with Gasteiger partial charge in [-0.05, 0) is 29.9 Å². The summed E-state index contributed by atoms with van der Waals surface area (Å²) in [7, 11) is 1.28. The fraction of sp³-hybridized carbons (Fsp3) is 0.238. The third-order valence-electron chi connectivity index (χ3n) is 3.89.